The number of nitro benzene ring substituents is 1. The minimum Gasteiger partial charge on any atom is -0.497 e. The number of methoxy groups -OCH3 is 1. The number of nitro groups is 1. The maximum absolute atomic E-state index is 13.7. The number of carbonyl (C=O) groups excluding carboxylic acids is 1. The molecule has 0 atom stereocenters. The summed E-state index contributed by atoms with van der Waals surface area (Å²) in [6.07, 6.45) is -4.79. The van der Waals surface area contributed by atoms with Crippen LogP contribution < -0.4 is 10.1 Å². The lowest BCUT2D eigenvalue weighted by molar-refractivity contribution is -0.384. The van der Waals surface area contributed by atoms with E-state index in [2.05, 4.69) is 15.4 Å². The van der Waals surface area contributed by atoms with Crippen LogP contribution in [0.4, 0.5) is 18.9 Å². The monoisotopic (exact) mass is 471 g/mol. The molecular weight excluding hydrogens is 455 g/mol. The molecule has 9 nitrogen and oxygen atoms in total. The van der Waals surface area contributed by atoms with Crippen LogP contribution in [-0.2, 0) is 12.7 Å². The number of fused-ring (bicyclic) bond motifs is 1. The molecule has 0 aliphatic carbocycles. The average Bonchev–Trinajstić information content (AvgIpc) is 3.26. The Morgan fingerprint density at radius 3 is 2.38 bits per heavy atom. The van der Waals surface area contributed by atoms with Gasteiger partial charge >= 0.3 is 6.18 Å². The zero-order chi connectivity index (χ0) is 24.5. The van der Waals surface area contributed by atoms with E-state index in [0.717, 1.165) is 17.7 Å². The molecule has 4 rings (SSSR count). The maximum atomic E-state index is 13.7. The Morgan fingerprint density at radius 1 is 1.12 bits per heavy atom. The second kappa shape index (κ2) is 8.81. The van der Waals surface area contributed by atoms with E-state index in [0.29, 0.717) is 10.3 Å². The van der Waals surface area contributed by atoms with E-state index in [1.54, 1.807) is 24.3 Å². The van der Waals surface area contributed by atoms with Crippen molar-refractivity contribution in [2.75, 3.05) is 7.11 Å². The summed E-state index contributed by atoms with van der Waals surface area (Å²) in [6, 6.07) is 13.8. The third kappa shape index (κ3) is 4.65. The highest BCUT2D eigenvalue weighted by Gasteiger charge is 2.35. The number of alkyl halides is 3. The number of hydrogen-bond donors (Lipinski definition) is 1. The topological polar surface area (TPSA) is 112 Å². The van der Waals surface area contributed by atoms with Crippen molar-refractivity contribution in [3.63, 3.8) is 0 Å². The fraction of sp³-hybridized carbons (Fsp3) is 0.136. The number of nitrogens with zero attached hydrogens (tertiary/aromatic N) is 4. The summed E-state index contributed by atoms with van der Waals surface area (Å²) in [5, 5.41) is 17.2. The highest BCUT2D eigenvalue weighted by Crippen LogP contribution is 2.32. The molecule has 2 aromatic carbocycles. The lowest BCUT2D eigenvalue weighted by Gasteiger charge is -2.11. The van der Waals surface area contributed by atoms with Gasteiger partial charge in [-0.05, 0) is 35.9 Å². The number of rotatable bonds is 6. The van der Waals surface area contributed by atoms with E-state index in [1.165, 1.54) is 31.4 Å². The van der Waals surface area contributed by atoms with E-state index >= 15 is 0 Å². The van der Waals surface area contributed by atoms with Gasteiger partial charge in [0.05, 0.1) is 17.7 Å². The van der Waals surface area contributed by atoms with Crippen LogP contribution in [0.25, 0.3) is 16.9 Å². The first-order chi connectivity index (χ1) is 16.2. The first kappa shape index (κ1) is 22.7. The number of ether oxygens (including phenoxy) is 1. The van der Waals surface area contributed by atoms with Gasteiger partial charge in [-0.25, -0.2) is 9.50 Å². The molecule has 1 N–H and O–H groups in total. The van der Waals surface area contributed by atoms with Gasteiger partial charge in [0.15, 0.2) is 17.0 Å². The molecule has 0 saturated carbocycles. The fourth-order valence-electron chi connectivity index (χ4n) is 3.21. The van der Waals surface area contributed by atoms with Crippen molar-refractivity contribution in [2.45, 2.75) is 12.7 Å². The SMILES string of the molecule is COc1ccc(CNC(=O)c2cc3nc(-c4ccc([N+](=O)[O-])cc4)cc(C(F)(F)F)n3n2)cc1. The van der Waals surface area contributed by atoms with E-state index in [4.69, 9.17) is 4.74 Å². The van der Waals surface area contributed by atoms with Crippen LogP contribution in [0.5, 0.6) is 5.75 Å². The lowest BCUT2D eigenvalue weighted by atomic mass is 10.1. The van der Waals surface area contributed by atoms with Crippen molar-refractivity contribution >= 4 is 17.2 Å². The molecule has 1 amide bonds. The summed E-state index contributed by atoms with van der Waals surface area (Å²) in [5.41, 5.74) is -0.858. The summed E-state index contributed by atoms with van der Waals surface area (Å²) in [6.45, 7) is 0.129. The van der Waals surface area contributed by atoms with Gasteiger partial charge in [0.2, 0.25) is 0 Å². The van der Waals surface area contributed by atoms with Gasteiger partial charge < -0.3 is 10.1 Å². The molecule has 4 aromatic rings. The average molecular weight is 471 g/mol. The van der Waals surface area contributed by atoms with E-state index < -0.39 is 22.7 Å². The Labute approximate surface area is 190 Å². The number of non-ortho nitro benzene ring substituents is 1. The summed E-state index contributed by atoms with van der Waals surface area (Å²) in [5.74, 6) is -0.0312. The molecule has 0 spiro atoms. The molecule has 0 aliphatic heterocycles. The molecule has 174 valence electrons. The molecule has 0 aliphatic rings. The lowest BCUT2D eigenvalue weighted by Crippen LogP contribution is -2.23. The molecule has 12 heteroatoms. The van der Waals surface area contributed by atoms with Gasteiger partial charge in [-0.15, -0.1) is 0 Å². The van der Waals surface area contributed by atoms with Gasteiger partial charge in [-0.1, -0.05) is 12.1 Å². The van der Waals surface area contributed by atoms with Crippen molar-refractivity contribution < 1.29 is 27.6 Å². The maximum Gasteiger partial charge on any atom is 0.433 e. The van der Waals surface area contributed by atoms with Crippen molar-refractivity contribution in [1.29, 1.82) is 0 Å². The highest BCUT2D eigenvalue weighted by atomic mass is 19.4. The van der Waals surface area contributed by atoms with Crippen molar-refractivity contribution in [2.24, 2.45) is 0 Å². The van der Waals surface area contributed by atoms with Crippen molar-refractivity contribution in [3.05, 3.63) is 87.7 Å². The van der Waals surface area contributed by atoms with Crippen LogP contribution >= 0.6 is 0 Å². The highest BCUT2D eigenvalue weighted by molar-refractivity contribution is 5.93. The summed E-state index contributed by atoms with van der Waals surface area (Å²) < 4.78 is 46.8. The first-order valence-corrected chi connectivity index (χ1v) is 9.79. The Kier molecular flexibility index (Phi) is 5.88. The number of amides is 1. The van der Waals surface area contributed by atoms with Crippen LogP contribution in [0.3, 0.4) is 0 Å². The van der Waals surface area contributed by atoms with E-state index in [1.807, 2.05) is 0 Å². The molecule has 2 aromatic heterocycles. The summed E-state index contributed by atoms with van der Waals surface area (Å²) in [4.78, 5) is 26.9. The Balaban J connectivity index is 1.65. The van der Waals surface area contributed by atoms with Gasteiger partial charge in [-0.3, -0.25) is 14.9 Å². The molecule has 34 heavy (non-hydrogen) atoms. The molecule has 0 bridgehead atoms. The fourth-order valence-corrected chi connectivity index (χ4v) is 3.21. The quantitative estimate of drug-likeness (QED) is 0.332. The van der Waals surface area contributed by atoms with Gasteiger partial charge in [0.1, 0.15) is 5.75 Å². The van der Waals surface area contributed by atoms with Gasteiger partial charge in [-0.2, -0.15) is 18.3 Å². The first-order valence-electron chi connectivity index (χ1n) is 9.79. The standard InChI is InChI=1S/C22H16F3N5O4/c1-34-16-8-2-13(3-9-16)12-26-21(31)18-11-20-27-17(10-19(22(23,24)25)29(20)28-18)14-4-6-15(7-5-14)30(32)33/h2-11H,12H2,1H3,(H,26,31). The Bertz CT molecular complexity index is 1370. The van der Waals surface area contributed by atoms with Crippen LogP contribution in [0.2, 0.25) is 0 Å². The number of aromatic nitrogens is 3. The van der Waals surface area contributed by atoms with E-state index in [9.17, 15) is 28.1 Å². The van der Waals surface area contributed by atoms with Crippen LogP contribution in [0.15, 0.2) is 60.7 Å². The number of benzene rings is 2. The Morgan fingerprint density at radius 2 is 1.79 bits per heavy atom. The van der Waals surface area contributed by atoms with E-state index in [-0.39, 0.29) is 34.8 Å². The molecule has 0 saturated heterocycles. The zero-order valence-corrected chi connectivity index (χ0v) is 17.5. The molecule has 0 radical (unpaired) electrons. The zero-order valence-electron chi connectivity index (χ0n) is 17.5. The number of nitrogens with one attached hydrogen (secondary N) is 1. The smallest absolute Gasteiger partial charge is 0.433 e. The van der Waals surface area contributed by atoms with Gasteiger partial charge in [0, 0.05) is 30.3 Å². The predicted molar refractivity (Wildman–Crippen MR) is 114 cm³/mol. The number of halogens is 3. The number of hydrogen-bond acceptors (Lipinski definition) is 6. The second-order valence-corrected chi connectivity index (χ2v) is 7.16. The third-order valence-corrected chi connectivity index (χ3v) is 4.94. The van der Waals surface area contributed by atoms with Crippen LogP contribution in [0, 0.1) is 10.1 Å². The normalized spacial score (nSPS) is 11.4. The van der Waals surface area contributed by atoms with Crippen LogP contribution in [0.1, 0.15) is 21.7 Å². The third-order valence-electron chi connectivity index (χ3n) is 4.94. The minimum absolute atomic E-state index is 0.0696. The number of carbonyl (C=O) groups is 1. The summed E-state index contributed by atoms with van der Waals surface area (Å²) in [7, 11) is 1.52. The predicted octanol–water partition coefficient (Wildman–Crippen LogP) is 4.26. The second-order valence-electron chi connectivity index (χ2n) is 7.16. The molecule has 0 fully saturated rings. The Hall–Kier alpha value is -4.48. The molecule has 0 unspecified atom stereocenters. The minimum atomic E-state index is -4.79. The summed E-state index contributed by atoms with van der Waals surface area (Å²) >= 11 is 0. The largest absolute Gasteiger partial charge is 0.497 e. The van der Waals surface area contributed by atoms with Crippen LogP contribution in [-0.4, -0.2) is 32.5 Å². The molecule has 2 heterocycles. The molecular formula is C22H16F3N5O4. The van der Waals surface area contributed by atoms with Crippen molar-refractivity contribution in [1.82, 2.24) is 19.9 Å². The van der Waals surface area contributed by atoms with Crippen molar-refractivity contribution in [3.8, 4) is 17.0 Å². The van der Waals surface area contributed by atoms with Gasteiger partial charge in [0.25, 0.3) is 11.6 Å².